The van der Waals surface area contributed by atoms with Crippen molar-refractivity contribution in [1.29, 1.82) is 0 Å². The molecule has 2 heterocycles. The number of unbranched alkanes of at least 4 members (excludes halogenated alkanes) is 1. The molecule has 0 bridgehead atoms. The Morgan fingerprint density at radius 3 is 2.93 bits per heavy atom. The third-order valence-corrected chi connectivity index (χ3v) is 4.86. The van der Waals surface area contributed by atoms with Crippen molar-refractivity contribution in [3.63, 3.8) is 0 Å². The van der Waals surface area contributed by atoms with E-state index in [9.17, 15) is 4.79 Å². The summed E-state index contributed by atoms with van der Waals surface area (Å²) in [6, 6.07) is 11.1. The number of hydrogen-bond donors (Lipinski definition) is 1. The Bertz CT molecular complexity index is 1020. The minimum Gasteiger partial charge on any atom is -0.489 e. The number of carbonyl (C=O) groups excluding carboxylic acids is 1. The van der Waals surface area contributed by atoms with Gasteiger partial charge in [0.25, 0.3) is 0 Å². The number of aromatic nitrogens is 3. The van der Waals surface area contributed by atoms with E-state index in [0.717, 1.165) is 36.2 Å². The topological polar surface area (TPSA) is 69.0 Å². The van der Waals surface area contributed by atoms with Gasteiger partial charge in [-0.05, 0) is 37.6 Å². The number of aryl methyl sites for hydroxylation is 2. The zero-order valence-electron chi connectivity index (χ0n) is 17.1. The fourth-order valence-corrected chi connectivity index (χ4v) is 3.19. The fraction of sp³-hybridized carbons (Fsp3) is 0.261. The van der Waals surface area contributed by atoms with Gasteiger partial charge < -0.3 is 10.1 Å². The molecule has 30 heavy (non-hydrogen) atoms. The summed E-state index contributed by atoms with van der Waals surface area (Å²) in [7, 11) is 0. The van der Waals surface area contributed by atoms with Crippen LogP contribution in [0.25, 0.3) is 6.08 Å². The predicted octanol–water partition coefficient (Wildman–Crippen LogP) is 5.27. The van der Waals surface area contributed by atoms with Crippen molar-refractivity contribution in [3.8, 4) is 5.75 Å². The SMILES string of the molecule is CCCCn1nc(C)c(C=CC(=O)Nc2cccc(OCc3cccnc3)c2)c1Cl. The second-order valence-electron chi connectivity index (χ2n) is 6.87. The van der Waals surface area contributed by atoms with Crippen LogP contribution in [0.15, 0.2) is 54.9 Å². The maximum Gasteiger partial charge on any atom is 0.248 e. The number of pyridine rings is 1. The van der Waals surface area contributed by atoms with Gasteiger partial charge in [-0.25, -0.2) is 0 Å². The highest BCUT2D eigenvalue weighted by molar-refractivity contribution is 6.31. The van der Waals surface area contributed by atoms with Crippen molar-refractivity contribution in [2.24, 2.45) is 0 Å². The first-order chi connectivity index (χ1) is 14.6. The zero-order chi connectivity index (χ0) is 21.3. The van der Waals surface area contributed by atoms with Crippen LogP contribution in [0.2, 0.25) is 5.15 Å². The van der Waals surface area contributed by atoms with E-state index in [1.54, 1.807) is 29.2 Å². The van der Waals surface area contributed by atoms with Gasteiger partial charge in [-0.2, -0.15) is 5.10 Å². The predicted molar refractivity (Wildman–Crippen MR) is 120 cm³/mol. The van der Waals surface area contributed by atoms with Crippen LogP contribution in [0.1, 0.15) is 36.6 Å². The van der Waals surface area contributed by atoms with E-state index in [0.29, 0.717) is 23.2 Å². The van der Waals surface area contributed by atoms with Gasteiger partial charge in [-0.1, -0.05) is 37.1 Å². The van der Waals surface area contributed by atoms with Crippen LogP contribution in [0.4, 0.5) is 5.69 Å². The minimum absolute atomic E-state index is 0.254. The van der Waals surface area contributed by atoms with Crippen LogP contribution in [0, 0.1) is 6.92 Å². The molecule has 3 aromatic rings. The molecule has 6 nitrogen and oxygen atoms in total. The lowest BCUT2D eigenvalue weighted by Crippen LogP contribution is -2.08. The van der Waals surface area contributed by atoms with E-state index >= 15 is 0 Å². The van der Waals surface area contributed by atoms with Crippen molar-refractivity contribution in [2.75, 3.05) is 5.32 Å². The highest BCUT2D eigenvalue weighted by Crippen LogP contribution is 2.22. The number of rotatable bonds is 9. The van der Waals surface area contributed by atoms with Crippen molar-refractivity contribution < 1.29 is 9.53 Å². The van der Waals surface area contributed by atoms with Gasteiger partial charge in [0, 0.05) is 47.9 Å². The Kier molecular flexibility index (Phi) is 7.63. The zero-order valence-corrected chi connectivity index (χ0v) is 17.9. The van der Waals surface area contributed by atoms with Gasteiger partial charge >= 0.3 is 0 Å². The summed E-state index contributed by atoms with van der Waals surface area (Å²) in [5.74, 6) is 0.410. The summed E-state index contributed by atoms with van der Waals surface area (Å²) in [5.41, 5.74) is 3.18. The summed E-state index contributed by atoms with van der Waals surface area (Å²) in [6.07, 6.45) is 8.71. The highest BCUT2D eigenvalue weighted by Gasteiger charge is 2.11. The Morgan fingerprint density at radius 2 is 2.17 bits per heavy atom. The average Bonchev–Trinajstić information content (AvgIpc) is 3.03. The van der Waals surface area contributed by atoms with Crippen molar-refractivity contribution >= 4 is 29.3 Å². The van der Waals surface area contributed by atoms with Gasteiger partial charge in [-0.3, -0.25) is 14.5 Å². The monoisotopic (exact) mass is 424 g/mol. The molecule has 0 aliphatic rings. The van der Waals surface area contributed by atoms with Gasteiger partial charge in [0.1, 0.15) is 17.5 Å². The largest absolute Gasteiger partial charge is 0.489 e. The third kappa shape index (κ3) is 5.94. The summed E-state index contributed by atoms with van der Waals surface area (Å²) in [4.78, 5) is 16.4. The molecule has 0 fully saturated rings. The number of hydrogen-bond acceptors (Lipinski definition) is 4. The Hall–Kier alpha value is -3.12. The molecule has 0 radical (unpaired) electrons. The summed E-state index contributed by atoms with van der Waals surface area (Å²) in [6.45, 7) is 5.18. The molecule has 0 saturated heterocycles. The second-order valence-corrected chi connectivity index (χ2v) is 7.22. The number of benzene rings is 1. The Morgan fingerprint density at radius 1 is 1.30 bits per heavy atom. The molecule has 1 aromatic carbocycles. The van der Waals surface area contributed by atoms with Crippen LogP contribution in [-0.4, -0.2) is 20.7 Å². The summed E-state index contributed by atoms with van der Waals surface area (Å²) >= 11 is 6.41. The van der Waals surface area contributed by atoms with E-state index in [1.807, 2.05) is 37.3 Å². The van der Waals surface area contributed by atoms with Gasteiger partial charge in [-0.15, -0.1) is 0 Å². The van der Waals surface area contributed by atoms with E-state index in [4.69, 9.17) is 16.3 Å². The standard InChI is InChI=1S/C23H25ClN4O2/c1-3-4-13-28-23(24)21(17(2)27-28)10-11-22(29)26-19-8-5-9-20(14-19)30-16-18-7-6-12-25-15-18/h5-12,14-15H,3-4,13,16H2,1-2H3,(H,26,29). The molecule has 2 aromatic heterocycles. The Labute approximate surface area is 181 Å². The first-order valence-electron chi connectivity index (χ1n) is 9.90. The molecule has 1 N–H and O–H groups in total. The van der Waals surface area contributed by atoms with E-state index in [1.165, 1.54) is 6.08 Å². The molecule has 0 spiro atoms. The number of nitrogens with one attached hydrogen (secondary N) is 1. The summed E-state index contributed by atoms with van der Waals surface area (Å²) in [5, 5.41) is 7.84. The molecule has 3 rings (SSSR count). The van der Waals surface area contributed by atoms with Crippen molar-refractivity contribution in [3.05, 3.63) is 76.8 Å². The molecule has 1 amide bonds. The maximum absolute atomic E-state index is 12.4. The molecular formula is C23H25ClN4O2. The smallest absolute Gasteiger partial charge is 0.248 e. The van der Waals surface area contributed by atoms with E-state index < -0.39 is 0 Å². The van der Waals surface area contributed by atoms with Crippen molar-refractivity contribution in [2.45, 2.75) is 39.8 Å². The summed E-state index contributed by atoms with van der Waals surface area (Å²) < 4.78 is 7.55. The van der Waals surface area contributed by atoms with Crippen LogP contribution >= 0.6 is 11.6 Å². The first kappa shape index (κ1) is 21.6. The number of nitrogens with zero attached hydrogens (tertiary/aromatic N) is 3. The number of anilines is 1. The lowest BCUT2D eigenvalue weighted by molar-refractivity contribution is -0.111. The maximum atomic E-state index is 12.4. The highest BCUT2D eigenvalue weighted by atomic mass is 35.5. The number of carbonyl (C=O) groups is 1. The lowest BCUT2D eigenvalue weighted by Gasteiger charge is -2.08. The van der Waals surface area contributed by atoms with E-state index in [-0.39, 0.29) is 5.91 Å². The molecule has 0 unspecified atom stereocenters. The molecule has 0 aliphatic carbocycles. The molecule has 0 saturated carbocycles. The number of halogens is 1. The van der Waals surface area contributed by atoms with Crippen LogP contribution in [0.5, 0.6) is 5.75 Å². The van der Waals surface area contributed by atoms with Gasteiger partial charge in [0.2, 0.25) is 5.91 Å². The average molecular weight is 425 g/mol. The quantitative estimate of drug-likeness (QED) is 0.475. The number of amides is 1. The minimum atomic E-state index is -0.254. The van der Waals surface area contributed by atoms with Crippen LogP contribution in [0.3, 0.4) is 0 Å². The Balaban J connectivity index is 1.60. The number of ether oxygens (including phenoxy) is 1. The molecular weight excluding hydrogens is 400 g/mol. The lowest BCUT2D eigenvalue weighted by atomic mass is 10.2. The molecule has 156 valence electrons. The van der Waals surface area contributed by atoms with Gasteiger partial charge in [0.15, 0.2) is 0 Å². The fourth-order valence-electron chi connectivity index (χ4n) is 2.87. The van der Waals surface area contributed by atoms with Crippen LogP contribution in [-0.2, 0) is 17.9 Å². The van der Waals surface area contributed by atoms with E-state index in [2.05, 4.69) is 22.3 Å². The normalized spacial score (nSPS) is 11.0. The molecule has 0 aliphatic heterocycles. The second kappa shape index (κ2) is 10.6. The first-order valence-corrected chi connectivity index (χ1v) is 10.3. The van der Waals surface area contributed by atoms with Crippen molar-refractivity contribution in [1.82, 2.24) is 14.8 Å². The van der Waals surface area contributed by atoms with Gasteiger partial charge in [0.05, 0.1) is 5.69 Å². The molecule has 7 heteroatoms. The third-order valence-electron chi connectivity index (χ3n) is 4.46. The van der Waals surface area contributed by atoms with Crippen LogP contribution < -0.4 is 10.1 Å². The molecule has 0 atom stereocenters.